The molecule has 9 nitrogen and oxygen atoms in total. The third-order valence-electron chi connectivity index (χ3n) is 5.87. The highest BCUT2D eigenvalue weighted by Crippen LogP contribution is 2.26. The molecule has 3 aromatic rings. The van der Waals surface area contributed by atoms with Crippen molar-refractivity contribution in [1.82, 2.24) is 15.0 Å². The largest absolute Gasteiger partial charge is 0.484 e. The van der Waals surface area contributed by atoms with Crippen LogP contribution in [0.2, 0.25) is 0 Å². The van der Waals surface area contributed by atoms with E-state index in [0.717, 1.165) is 37.7 Å². The van der Waals surface area contributed by atoms with Gasteiger partial charge < -0.3 is 14.2 Å². The van der Waals surface area contributed by atoms with Crippen LogP contribution in [0, 0.1) is 17.0 Å². The number of rotatable bonds is 8. The molecule has 0 spiro atoms. The molecule has 1 fully saturated rings. The second-order valence-electron chi connectivity index (χ2n) is 8.19. The van der Waals surface area contributed by atoms with E-state index < -0.39 is 4.92 Å². The summed E-state index contributed by atoms with van der Waals surface area (Å²) in [7, 11) is 0. The van der Waals surface area contributed by atoms with Gasteiger partial charge in [-0.25, -0.2) is 0 Å². The molecule has 0 aliphatic heterocycles. The van der Waals surface area contributed by atoms with Crippen molar-refractivity contribution in [2.24, 2.45) is 0 Å². The maximum absolute atomic E-state index is 13.2. The van der Waals surface area contributed by atoms with E-state index in [9.17, 15) is 14.9 Å². The fourth-order valence-corrected chi connectivity index (χ4v) is 4.13. The lowest BCUT2D eigenvalue weighted by Crippen LogP contribution is -2.43. The van der Waals surface area contributed by atoms with Crippen LogP contribution >= 0.6 is 0 Å². The maximum Gasteiger partial charge on any atom is 0.272 e. The molecule has 9 heteroatoms. The zero-order chi connectivity index (χ0) is 23.2. The number of aryl methyl sites for hydroxylation is 1. The number of nitro benzene ring substituents is 1. The Bertz CT molecular complexity index is 1110. The van der Waals surface area contributed by atoms with E-state index >= 15 is 0 Å². The van der Waals surface area contributed by atoms with Gasteiger partial charge in [0.15, 0.2) is 6.61 Å². The van der Waals surface area contributed by atoms with Crippen LogP contribution in [0.15, 0.2) is 53.1 Å². The lowest BCUT2D eigenvalue weighted by Gasteiger charge is -2.33. The summed E-state index contributed by atoms with van der Waals surface area (Å²) in [6, 6.07) is 14.1. The molecule has 0 N–H and O–H groups in total. The number of nitro groups is 1. The van der Waals surface area contributed by atoms with Crippen molar-refractivity contribution >= 4 is 11.6 Å². The number of benzene rings is 2. The highest BCUT2D eigenvalue weighted by molar-refractivity contribution is 5.78. The topological polar surface area (TPSA) is 112 Å². The molecule has 1 amide bonds. The van der Waals surface area contributed by atoms with Gasteiger partial charge in [0.1, 0.15) is 12.3 Å². The molecular weight excluding hydrogens is 424 g/mol. The smallest absolute Gasteiger partial charge is 0.272 e. The van der Waals surface area contributed by atoms with Gasteiger partial charge in [0.25, 0.3) is 11.6 Å². The molecule has 2 aromatic carbocycles. The molecule has 172 valence electrons. The standard InChI is InChI=1S/C24H26N4O5/c1-17-14-20(12-13-21(17)28(30)31)32-16-23(29)27(19-10-6-3-7-11-19)15-22-25-24(26-33-22)18-8-4-2-5-9-18/h2,4-5,8-9,12-14,19H,3,6-7,10-11,15-16H2,1H3. The summed E-state index contributed by atoms with van der Waals surface area (Å²) < 4.78 is 11.1. The van der Waals surface area contributed by atoms with Crippen molar-refractivity contribution in [3.63, 3.8) is 0 Å². The highest BCUT2D eigenvalue weighted by Gasteiger charge is 2.28. The molecule has 0 atom stereocenters. The number of carbonyl (C=O) groups excluding carboxylic acids is 1. The number of nitrogens with zero attached hydrogens (tertiary/aromatic N) is 4. The molecule has 1 aromatic heterocycles. The van der Waals surface area contributed by atoms with Crippen molar-refractivity contribution in [1.29, 1.82) is 0 Å². The van der Waals surface area contributed by atoms with Crippen molar-refractivity contribution in [3.8, 4) is 17.1 Å². The zero-order valence-corrected chi connectivity index (χ0v) is 18.5. The van der Waals surface area contributed by atoms with Crippen LogP contribution in [-0.2, 0) is 11.3 Å². The summed E-state index contributed by atoms with van der Waals surface area (Å²) in [5.41, 5.74) is 1.34. The third-order valence-corrected chi connectivity index (χ3v) is 5.87. The van der Waals surface area contributed by atoms with Gasteiger partial charge in [-0.2, -0.15) is 4.98 Å². The number of aromatic nitrogens is 2. The van der Waals surface area contributed by atoms with Gasteiger partial charge in [-0.15, -0.1) is 0 Å². The summed E-state index contributed by atoms with van der Waals surface area (Å²) in [6.45, 7) is 1.68. The Labute approximate surface area is 191 Å². The van der Waals surface area contributed by atoms with Crippen molar-refractivity contribution < 1.29 is 19.0 Å². The number of amides is 1. The van der Waals surface area contributed by atoms with Crippen molar-refractivity contribution in [3.05, 3.63) is 70.1 Å². The summed E-state index contributed by atoms with van der Waals surface area (Å²) in [5, 5.41) is 15.1. The first-order chi connectivity index (χ1) is 16.0. The van der Waals surface area contributed by atoms with Crippen LogP contribution in [0.25, 0.3) is 11.4 Å². The molecule has 0 saturated heterocycles. The van der Waals surface area contributed by atoms with Gasteiger partial charge >= 0.3 is 0 Å². The quantitative estimate of drug-likeness (QED) is 0.361. The van der Waals surface area contributed by atoms with Crippen LogP contribution < -0.4 is 4.74 Å². The predicted molar refractivity (Wildman–Crippen MR) is 120 cm³/mol. The minimum absolute atomic E-state index is 0.0168. The summed E-state index contributed by atoms with van der Waals surface area (Å²) >= 11 is 0. The minimum atomic E-state index is -0.441. The van der Waals surface area contributed by atoms with Gasteiger partial charge in [0, 0.05) is 23.2 Å². The second-order valence-corrected chi connectivity index (χ2v) is 8.19. The molecule has 0 bridgehead atoms. The molecule has 1 heterocycles. The average Bonchev–Trinajstić information content (AvgIpc) is 3.31. The Morgan fingerprint density at radius 2 is 1.94 bits per heavy atom. The number of carbonyl (C=O) groups is 1. The fraction of sp³-hybridized carbons (Fsp3) is 0.375. The lowest BCUT2D eigenvalue weighted by atomic mass is 9.94. The molecular formula is C24H26N4O5. The van der Waals surface area contributed by atoms with Crippen molar-refractivity contribution in [2.75, 3.05) is 6.61 Å². The minimum Gasteiger partial charge on any atom is -0.484 e. The summed E-state index contributed by atoms with van der Waals surface area (Å²) in [5.74, 6) is 1.09. The molecule has 4 rings (SSSR count). The summed E-state index contributed by atoms with van der Waals surface area (Å²) in [6.07, 6.45) is 5.13. The predicted octanol–water partition coefficient (Wildman–Crippen LogP) is 4.69. The van der Waals surface area contributed by atoms with Gasteiger partial charge in [-0.05, 0) is 31.9 Å². The Kier molecular flexibility index (Phi) is 6.97. The van der Waals surface area contributed by atoms with Gasteiger partial charge in [-0.1, -0.05) is 54.8 Å². The van der Waals surface area contributed by atoms with Crippen LogP contribution in [0.1, 0.15) is 43.6 Å². The molecule has 0 radical (unpaired) electrons. The molecule has 33 heavy (non-hydrogen) atoms. The Hall–Kier alpha value is -3.75. The zero-order valence-electron chi connectivity index (χ0n) is 18.5. The first kappa shape index (κ1) is 22.4. The van der Waals surface area contributed by atoms with Crippen LogP contribution in [0.4, 0.5) is 5.69 Å². The Balaban J connectivity index is 1.46. The number of hydrogen-bond acceptors (Lipinski definition) is 7. The monoisotopic (exact) mass is 450 g/mol. The first-order valence-electron chi connectivity index (χ1n) is 11.1. The van der Waals surface area contributed by atoms with E-state index in [2.05, 4.69) is 10.1 Å². The van der Waals surface area contributed by atoms with Gasteiger partial charge in [0.05, 0.1) is 4.92 Å². The molecule has 0 unspecified atom stereocenters. The van der Waals surface area contributed by atoms with E-state index in [1.165, 1.54) is 12.1 Å². The number of ether oxygens (including phenoxy) is 1. The van der Waals surface area contributed by atoms with E-state index in [1.54, 1.807) is 17.9 Å². The van der Waals surface area contributed by atoms with Crippen LogP contribution in [0.3, 0.4) is 0 Å². The van der Waals surface area contributed by atoms with E-state index in [1.807, 2.05) is 30.3 Å². The highest BCUT2D eigenvalue weighted by atomic mass is 16.6. The van der Waals surface area contributed by atoms with Crippen LogP contribution in [0.5, 0.6) is 5.75 Å². The first-order valence-corrected chi connectivity index (χ1v) is 11.1. The Morgan fingerprint density at radius 3 is 2.64 bits per heavy atom. The van der Waals surface area contributed by atoms with E-state index in [-0.39, 0.29) is 30.8 Å². The SMILES string of the molecule is Cc1cc(OCC(=O)N(Cc2nc(-c3ccccc3)no2)C2CCCCC2)ccc1[N+](=O)[O-]. The molecule has 1 aliphatic carbocycles. The Morgan fingerprint density at radius 1 is 1.18 bits per heavy atom. The fourth-order valence-electron chi connectivity index (χ4n) is 4.13. The second kappa shape index (κ2) is 10.2. The molecule has 1 aliphatic rings. The van der Waals surface area contributed by atoms with Crippen molar-refractivity contribution in [2.45, 2.75) is 51.6 Å². The molecule has 1 saturated carbocycles. The maximum atomic E-state index is 13.2. The van der Waals surface area contributed by atoms with Gasteiger partial charge in [-0.3, -0.25) is 14.9 Å². The normalized spacial score (nSPS) is 14.1. The van der Waals surface area contributed by atoms with Gasteiger partial charge in [0.2, 0.25) is 11.7 Å². The van der Waals surface area contributed by atoms with Crippen LogP contribution in [-0.4, -0.2) is 38.5 Å². The number of hydrogen-bond donors (Lipinski definition) is 0. The lowest BCUT2D eigenvalue weighted by molar-refractivity contribution is -0.385. The average molecular weight is 450 g/mol. The van der Waals surface area contributed by atoms with E-state index in [0.29, 0.717) is 23.0 Å². The summed E-state index contributed by atoms with van der Waals surface area (Å²) in [4.78, 5) is 30.0. The third kappa shape index (κ3) is 5.54. The van der Waals surface area contributed by atoms with E-state index in [4.69, 9.17) is 9.26 Å².